The summed E-state index contributed by atoms with van der Waals surface area (Å²) in [4.78, 5) is 9.06. The summed E-state index contributed by atoms with van der Waals surface area (Å²) in [5.41, 5.74) is 0.0108. The molecule has 0 radical (unpaired) electrons. The summed E-state index contributed by atoms with van der Waals surface area (Å²) < 4.78 is 32.1. The topological polar surface area (TPSA) is 38.2 Å². The molecule has 1 aromatic heterocycles. The summed E-state index contributed by atoms with van der Waals surface area (Å²) in [6.07, 6.45) is 1.23. The van der Waals surface area contributed by atoms with Gasteiger partial charge in [-0.25, -0.2) is 18.7 Å². The first-order valence-corrected chi connectivity index (χ1v) is 5.69. The maximum absolute atomic E-state index is 13.8. The monoisotopic (exact) mass is 285 g/mol. The van der Waals surface area contributed by atoms with Gasteiger partial charge in [-0.15, -0.1) is 0 Å². The lowest BCUT2D eigenvalue weighted by atomic mass is 10.2. The number of halogens is 3. The Morgan fingerprint density at radius 3 is 2.79 bits per heavy atom. The molecule has 0 bridgehead atoms. The lowest BCUT2D eigenvalue weighted by Gasteiger charge is -2.23. The zero-order valence-corrected chi connectivity index (χ0v) is 10.7. The van der Waals surface area contributed by atoms with E-state index in [4.69, 9.17) is 16.3 Å². The van der Waals surface area contributed by atoms with Crippen LogP contribution >= 0.6 is 11.6 Å². The minimum atomic E-state index is -0.978. The highest BCUT2D eigenvalue weighted by atomic mass is 35.5. The Hall–Kier alpha value is -1.79. The molecule has 1 heterocycles. The highest BCUT2D eigenvalue weighted by Crippen LogP contribution is 2.28. The molecule has 4 nitrogen and oxygen atoms in total. The van der Waals surface area contributed by atoms with Crippen molar-refractivity contribution in [3.8, 4) is 0 Å². The van der Waals surface area contributed by atoms with Gasteiger partial charge in [0.05, 0.1) is 5.69 Å². The molecular formula is C12H10ClF2N3O. The van der Waals surface area contributed by atoms with Gasteiger partial charge >= 0.3 is 0 Å². The standard InChI is InChI=1S/C12H10ClF2N3O/c1-19-7-18(11-5-10(13)16-6-17-11)9-4-2-3-8(14)12(9)15/h2-6H,7H2,1H3. The van der Waals surface area contributed by atoms with Crippen molar-refractivity contribution >= 4 is 23.1 Å². The summed E-state index contributed by atoms with van der Waals surface area (Å²) >= 11 is 5.76. The number of benzene rings is 1. The number of aromatic nitrogens is 2. The van der Waals surface area contributed by atoms with E-state index in [-0.39, 0.29) is 17.6 Å². The number of hydrogen-bond acceptors (Lipinski definition) is 4. The third-order valence-electron chi connectivity index (χ3n) is 2.38. The predicted molar refractivity (Wildman–Crippen MR) is 67.4 cm³/mol. The quantitative estimate of drug-likeness (QED) is 0.639. The number of hydrogen-bond donors (Lipinski definition) is 0. The molecule has 2 aromatic rings. The van der Waals surface area contributed by atoms with Gasteiger partial charge in [0, 0.05) is 13.2 Å². The molecule has 7 heteroatoms. The van der Waals surface area contributed by atoms with E-state index in [0.29, 0.717) is 5.82 Å². The van der Waals surface area contributed by atoms with E-state index >= 15 is 0 Å². The van der Waals surface area contributed by atoms with E-state index in [1.807, 2.05) is 0 Å². The molecule has 0 saturated heterocycles. The molecule has 0 atom stereocenters. The number of methoxy groups -OCH3 is 1. The molecule has 2 rings (SSSR count). The predicted octanol–water partition coefficient (Wildman–Crippen LogP) is 3.15. The van der Waals surface area contributed by atoms with Gasteiger partial charge in [-0.05, 0) is 12.1 Å². The maximum atomic E-state index is 13.8. The molecule has 1 aromatic carbocycles. The first kappa shape index (κ1) is 13.6. The van der Waals surface area contributed by atoms with E-state index in [9.17, 15) is 8.78 Å². The molecule has 0 amide bonds. The third kappa shape index (κ3) is 2.97. The van der Waals surface area contributed by atoms with Crippen LogP contribution in [0.25, 0.3) is 0 Å². The second-order valence-corrected chi connectivity index (χ2v) is 4.00. The molecule has 0 fully saturated rings. The van der Waals surface area contributed by atoms with Gasteiger partial charge in [-0.2, -0.15) is 0 Å². The van der Waals surface area contributed by atoms with E-state index in [0.717, 1.165) is 6.07 Å². The van der Waals surface area contributed by atoms with Crippen LogP contribution in [0.4, 0.5) is 20.3 Å². The van der Waals surface area contributed by atoms with Gasteiger partial charge < -0.3 is 4.74 Å². The lowest BCUT2D eigenvalue weighted by Crippen LogP contribution is -2.22. The van der Waals surface area contributed by atoms with Crippen molar-refractivity contribution in [3.63, 3.8) is 0 Å². The molecular weight excluding hydrogens is 276 g/mol. The molecule has 100 valence electrons. The van der Waals surface area contributed by atoms with Crippen LogP contribution in [0.15, 0.2) is 30.6 Å². The average Bonchev–Trinajstić information content (AvgIpc) is 2.40. The van der Waals surface area contributed by atoms with E-state index in [2.05, 4.69) is 9.97 Å². The first-order valence-electron chi connectivity index (χ1n) is 5.31. The summed E-state index contributed by atoms with van der Waals surface area (Å²) in [6, 6.07) is 5.30. The van der Waals surface area contributed by atoms with E-state index in [1.165, 1.54) is 36.5 Å². The fraction of sp³-hybridized carbons (Fsp3) is 0.167. The van der Waals surface area contributed by atoms with Crippen molar-refractivity contribution in [2.75, 3.05) is 18.7 Å². The van der Waals surface area contributed by atoms with Crippen LogP contribution < -0.4 is 4.90 Å². The van der Waals surface area contributed by atoms with Gasteiger partial charge in [0.1, 0.15) is 24.0 Å². The SMILES string of the molecule is COCN(c1cc(Cl)ncn1)c1cccc(F)c1F. The third-order valence-corrected chi connectivity index (χ3v) is 2.58. The largest absolute Gasteiger partial charge is 0.364 e. The highest BCUT2D eigenvalue weighted by Gasteiger charge is 2.17. The van der Waals surface area contributed by atoms with Crippen molar-refractivity contribution in [3.05, 3.63) is 47.4 Å². The van der Waals surface area contributed by atoms with Gasteiger partial charge in [0.25, 0.3) is 0 Å². The molecule has 19 heavy (non-hydrogen) atoms. The Morgan fingerprint density at radius 1 is 1.32 bits per heavy atom. The molecule has 0 aliphatic carbocycles. The van der Waals surface area contributed by atoms with Crippen molar-refractivity contribution in [2.45, 2.75) is 0 Å². The van der Waals surface area contributed by atoms with Crippen LogP contribution in [0.1, 0.15) is 0 Å². The Labute approximate surface area is 113 Å². The normalized spacial score (nSPS) is 10.5. The van der Waals surface area contributed by atoms with Gasteiger partial charge in [0.15, 0.2) is 11.6 Å². The zero-order valence-electron chi connectivity index (χ0n) is 9.98. The second-order valence-electron chi connectivity index (χ2n) is 3.62. The lowest BCUT2D eigenvalue weighted by molar-refractivity contribution is 0.205. The summed E-state index contributed by atoms with van der Waals surface area (Å²) in [6.45, 7) is -0.00623. The smallest absolute Gasteiger partial charge is 0.182 e. The zero-order chi connectivity index (χ0) is 13.8. The molecule has 0 aliphatic rings. The fourth-order valence-corrected chi connectivity index (χ4v) is 1.70. The molecule has 0 spiro atoms. The number of anilines is 2. The second kappa shape index (κ2) is 5.90. The number of rotatable bonds is 4. The van der Waals surface area contributed by atoms with Crippen LogP contribution in [0, 0.1) is 11.6 Å². The van der Waals surface area contributed by atoms with Crippen LogP contribution in [-0.2, 0) is 4.74 Å². The minimum absolute atomic E-state index is 0.00623. The summed E-state index contributed by atoms with van der Waals surface area (Å²) in [7, 11) is 1.44. The number of nitrogens with zero attached hydrogens (tertiary/aromatic N) is 3. The van der Waals surface area contributed by atoms with Crippen LogP contribution in [-0.4, -0.2) is 23.8 Å². The fourth-order valence-electron chi connectivity index (χ4n) is 1.56. The first-order chi connectivity index (χ1) is 9.13. The van der Waals surface area contributed by atoms with Crippen molar-refractivity contribution < 1.29 is 13.5 Å². The van der Waals surface area contributed by atoms with Crippen LogP contribution in [0.3, 0.4) is 0 Å². The van der Waals surface area contributed by atoms with Gasteiger partial charge in [0.2, 0.25) is 0 Å². The Balaban J connectivity index is 2.48. The minimum Gasteiger partial charge on any atom is -0.364 e. The highest BCUT2D eigenvalue weighted by molar-refractivity contribution is 6.29. The maximum Gasteiger partial charge on any atom is 0.182 e. The summed E-state index contributed by atoms with van der Waals surface area (Å²) in [5, 5.41) is 0.197. The van der Waals surface area contributed by atoms with Crippen molar-refractivity contribution in [1.29, 1.82) is 0 Å². The van der Waals surface area contributed by atoms with E-state index < -0.39 is 11.6 Å². The van der Waals surface area contributed by atoms with Crippen molar-refractivity contribution in [2.24, 2.45) is 0 Å². The van der Waals surface area contributed by atoms with Crippen LogP contribution in [0.2, 0.25) is 5.15 Å². The van der Waals surface area contributed by atoms with Gasteiger partial charge in [-0.1, -0.05) is 17.7 Å². The van der Waals surface area contributed by atoms with E-state index in [1.54, 1.807) is 0 Å². The van der Waals surface area contributed by atoms with Gasteiger partial charge in [-0.3, -0.25) is 4.90 Å². The van der Waals surface area contributed by atoms with Crippen molar-refractivity contribution in [1.82, 2.24) is 9.97 Å². The molecule has 0 saturated carbocycles. The Kier molecular flexibility index (Phi) is 4.24. The summed E-state index contributed by atoms with van der Waals surface area (Å²) in [5.74, 6) is -1.61. The average molecular weight is 286 g/mol. The number of ether oxygens (including phenoxy) is 1. The Morgan fingerprint density at radius 2 is 2.11 bits per heavy atom. The molecule has 0 unspecified atom stereocenters. The van der Waals surface area contributed by atoms with Crippen LogP contribution in [0.5, 0.6) is 0 Å². The molecule has 0 N–H and O–H groups in total. The molecule has 0 aliphatic heterocycles. The Bertz CT molecular complexity index is 583.